The minimum Gasteiger partial charge on any atom is -0.295 e. The summed E-state index contributed by atoms with van der Waals surface area (Å²) < 4.78 is 0. The predicted octanol–water partition coefficient (Wildman–Crippen LogP) is 7.39. The molecular formula is C21H40O. The fraction of sp³-hybridized carbons (Fsp3) is 0.857. The van der Waals surface area contributed by atoms with Crippen molar-refractivity contribution in [1.82, 2.24) is 0 Å². The summed E-state index contributed by atoms with van der Waals surface area (Å²) >= 11 is 0. The molecule has 0 fully saturated rings. The second kappa shape index (κ2) is 18.5. The van der Waals surface area contributed by atoms with E-state index in [0.717, 1.165) is 12.8 Å². The lowest BCUT2D eigenvalue weighted by Crippen LogP contribution is -1.91. The van der Waals surface area contributed by atoms with Crippen molar-refractivity contribution in [2.45, 2.75) is 117 Å². The Balaban J connectivity index is 3.04. The summed E-state index contributed by atoms with van der Waals surface area (Å²) in [6.07, 6.45) is 24.9. The molecule has 0 bridgehead atoms. The standard InChI is InChI=1S/C21H40O/c1-3-5-6-7-8-9-10-11-12-13-14-15-16-17-18-20-21(22)19-4-2/h4,19H,3,5-18,20H2,1-2H3. The molecule has 0 amide bonds. The quantitative estimate of drug-likeness (QED) is 0.202. The Morgan fingerprint density at radius 2 is 1.00 bits per heavy atom. The van der Waals surface area contributed by atoms with E-state index in [9.17, 15) is 4.79 Å². The third-order valence-electron chi connectivity index (χ3n) is 4.38. The van der Waals surface area contributed by atoms with Gasteiger partial charge in [0.05, 0.1) is 0 Å². The van der Waals surface area contributed by atoms with E-state index in [1.54, 1.807) is 6.08 Å². The van der Waals surface area contributed by atoms with E-state index in [-0.39, 0.29) is 5.78 Å². The molecule has 0 unspecified atom stereocenters. The van der Waals surface area contributed by atoms with Gasteiger partial charge >= 0.3 is 0 Å². The van der Waals surface area contributed by atoms with Gasteiger partial charge in [-0.25, -0.2) is 0 Å². The molecule has 1 heteroatoms. The summed E-state index contributed by atoms with van der Waals surface area (Å²) in [6.45, 7) is 4.19. The van der Waals surface area contributed by atoms with Gasteiger partial charge in [-0.05, 0) is 19.4 Å². The molecule has 0 aromatic heterocycles. The highest BCUT2D eigenvalue weighted by Crippen LogP contribution is 2.13. The Labute approximate surface area is 140 Å². The minimum absolute atomic E-state index is 0.289. The summed E-state index contributed by atoms with van der Waals surface area (Å²) in [6, 6.07) is 0. The first-order valence-corrected chi connectivity index (χ1v) is 9.96. The third-order valence-corrected chi connectivity index (χ3v) is 4.38. The summed E-state index contributed by atoms with van der Waals surface area (Å²) in [5, 5.41) is 0. The van der Waals surface area contributed by atoms with Crippen molar-refractivity contribution < 1.29 is 4.79 Å². The van der Waals surface area contributed by atoms with Crippen LogP contribution in [0.4, 0.5) is 0 Å². The fourth-order valence-corrected chi connectivity index (χ4v) is 2.94. The number of carbonyl (C=O) groups excluding carboxylic acids is 1. The number of rotatable bonds is 17. The van der Waals surface area contributed by atoms with Crippen LogP contribution in [-0.2, 0) is 4.79 Å². The average Bonchev–Trinajstić information content (AvgIpc) is 2.51. The molecule has 0 rings (SSSR count). The Hall–Kier alpha value is -0.590. The molecule has 0 atom stereocenters. The molecule has 0 N–H and O–H groups in total. The first-order chi connectivity index (χ1) is 10.8. The molecule has 22 heavy (non-hydrogen) atoms. The van der Waals surface area contributed by atoms with Crippen LogP contribution in [0.3, 0.4) is 0 Å². The monoisotopic (exact) mass is 308 g/mol. The Bertz CT molecular complexity index is 255. The molecule has 0 heterocycles. The van der Waals surface area contributed by atoms with Gasteiger partial charge in [0, 0.05) is 6.42 Å². The number of unbranched alkanes of at least 4 members (excludes halogenated alkanes) is 14. The number of hydrogen-bond donors (Lipinski definition) is 0. The van der Waals surface area contributed by atoms with Crippen molar-refractivity contribution in [2.75, 3.05) is 0 Å². The van der Waals surface area contributed by atoms with Crippen LogP contribution in [0, 0.1) is 0 Å². The minimum atomic E-state index is 0.289. The first-order valence-electron chi connectivity index (χ1n) is 9.96. The van der Waals surface area contributed by atoms with Gasteiger partial charge in [-0.2, -0.15) is 0 Å². The van der Waals surface area contributed by atoms with Gasteiger partial charge in [0.15, 0.2) is 5.78 Å². The summed E-state index contributed by atoms with van der Waals surface area (Å²) in [4.78, 5) is 11.3. The summed E-state index contributed by atoms with van der Waals surface area (Å²) in [5.41, 5.74) is 0. The van der Waals surface area contributed by atoms with Crippen molar-refractivity contribution >= 4 is 5.78 Å². The predicted molar refractivity (Wildman–Crippen MR) is 99.4 cm³/mol. The molecule has 0 aromatic carbocycles. The smallest absolute Gasteiger partial charge is 0.155 e. The summed E-state index contributed by atoms with van der Waals surface area (Å²) in [7, 11) is 0. The van der Waals surface area contributed by atoms with Gasteiger partial charge in [-0.3, -0.25) is 4.79 Å². The van der Waals surface area contributed by atoms with E-state index in [1.165, 1.54) is 89.9 Å². The van der Waals surface area contributed by atoms with Crippen LogP contribution in [0.5, 0.6) is 0 Å². The molecule has 0 aliphatic heterocycles. The molecule has 0 radical (unpaired) electrons. The first kappa shape index (κ1) is 21.4. The van der Waals surface area contributed by atoms with Gasteiger partial charge < -0.3 is 0 Å². The highest BCUT2D eigenvalue weighted by molar-refractivity contribution is 5.89. The molecule has 0 saturated heterocycles. The maximum atomic E-state index is 11.3. The molecule has 0 aliphatic carbocycles. The van der Waals surface area contributed by atoms with Gasteiger partial charge in [0.2, 0.25) is 0 Å². The lowest BCUT2D eigenvalue weighted by molar-refractivity contribution is -0.114. The average molecular weight is 309 g/mol. The zero-order valence-corrected chi connectivity index (χ0v) is 15.4. The summed E-state index contributed by atoms with van der Waals surface area (Å²) in [5.74, 6) is 0.289. The number of hydrogen-bond acceptors (Lipinski definition) is 1. The van der Waals surface area contributed by atoms with E-state index in [0.29, 0.717) is 0 Å². The van der Waals surface area contributed by atoms with Crippen molar-refractivity contribution in [3.05, 3.63) is 12.2 Å². The lowest BCUT2D eigenvalue weighted by atomic mass is 10.0. The maximum absolute atomic E-state index is 11.3. The zero-order chi connectivity index (χ0) is 16.3. The molecule has 0 saturated carbocycles. The molecule has 0 aliphatic rings. The van der Waals surface area contributed by atoms with Gasteiger partial charge in [0.1, 0.15) is 0 Å². The highest BCUT2D eigenvalue weighted by atomic mass is 16.1. The molecule has 0 spiro atoms. The van der Waals surface area contributed by atoms with Crippen molar-refractivity contribution in [3.8, 4) is 0 Å². The van der Waals surface area contributed by atoms with E-state index in [1.807, 2.05) is 13.0 Å². The largest absolute Gasteiger partial charge is 0.295 e. The second-order valence-corrected chi connectivity index (χ2v) is 6.67. The highest BCUT2D eigenvalue weighted by Gasteiger charge is 1.97. The van der Waals surface area contributed by atoms with Crippen LogP contribution in [0.15, 0.2) is 12.2 Å². The SMILES string of the molecule is CC=CC(=O)CCCCCCCCCCCCCCCCC. The second-order valence-electron chi connectivity index (χ2n) is 6.67. The Morgan fingerprint density at radius 1 is 0.636 bits per heavy atom. The van der Waals surface area contributed by atoms with Crippen molar-refractivity contribution in [3.63, 3.8) is 0 Å². The van der Waals surface area contributed by atoms with E-state index in [2.05, 4.69) is 6.92 Å². The van der Waals surface area contributed by atoms with E-state index >= 15 is 0 Å². The van der Waals surface area contributed by atoms with Gasteiger partial charge in [-0.15, -0.1) is 0 Å². The number of allylic oxidation sites excluding steroid dienone is 2. The van der Waals surface area contributed by atoms with Crippen LogP contribution < -0.4 is 0 Å². The third kappa shape index (κ3) is 17.5. The van der Waals surface area contributed by atoms with Crippen LogP contribution in [0.1, 0.15) is 117 Å². The van der Waals surface area contributed by atoms with Crippen LogP contribution in [0.2, 0.25) is 0 Å². The van der Waals surface area contributed by atoms with E-state index < -0.39 is 0 Å². The van der Waals surface area contributed by atoms with Crippen molar-refractivity contribution in [2.24, 2.45) is 0 Å². The normalized spacial score (nSPS) is 11.4. The molecule has 1 nitrogen and oxygen atoms in total. The number of carbonyl (C=O) groups is 1. The topological polar surface area (TPSA) is 17.1 Å². The lowest BCUT2D eigenvalue weighted by Gasteiger charge is -2.03. The number of ketones is 1. The molecular weight excluding hydrogens is 268 g/mol. The van der Waals surface area contributed by atoms with Crippen LogP contribution in [-0.4, -0.2) is 5.78 Å². The Morgan fingerprint density at radius 3 is 1.36 bits per heavy atom. The molecule has 130 valence electrons. The van der Waals surface area contributed by atoms with Crippen LogP contribution in [0.25, 0.3) is 0 Å². The van der Waals surface area contributed by atoms with E-state index in [4.69, 9.17) is 0 Å². The fourth-order valence-electron chi connectivity index (χ4n) is 2.94. The zero-order valence-electron chi connectivity index (χ0n) is 15.4. The van der Waals surface area contributed by atoms with Gasteiger partial charge in [0.25, 0.3) is 0 Å². The Kier molecular flexibility index (Phi) is 18.0. The van der Waals surface area contributed by atoms with Crippen LogP contribution >= 0.6 is 0 Å². The van der Waals surface area contributed by atoms with Gasteiger partial charge in [-0.1, -0.05) is 103 Å². The van der Waals surface area contributed by atoms with Crippen molar-refractivity contribution in [1.29, 1.82) is 0 Å². The maximum Gasteiger partial charge on any atom is 0.155 e. The molecule has 0 aromatic rings.